The van der Waals surface area contributed by atoms with Crippen molar-refractivity contribution in [2.45, 2.75) is 17.7 Å². The zero-order valence-electron chi connectivity index (χ0n) is 13.1. The highest BCUT2D eigenvalue weighted by molar-refractivity contribution is 7.89. The number of hydrogen-bond acceptors (Lipinski definition) is 6. The smallest absolute Gasteiger partial charge is 0.293 e. The molecule has 1 aromatic carbocycles. The largest absolute Gasteiger partial charge is 0.381 e. The molecule has 0 atom stereocenters. The maximum Gasteiger partial charge on any atom is 0.293 e. The molecular formula is C12H17N3O5S. The van der Waals surface area contributed by atoms with E-state index in [1.54, 1.807) is 0 Å². The molecule has 1 fully saturated rings. The van der Waals surface area contributed by atoms with Gasteiger partial charge in [0.15, 0.2) is 0 Å². The molecule has 0 aromatic heterocycles. The van der Waals surface area contributed by atoms with E-state index in [0.717, 1.165) is 18.2 Å². The first-order valence-corrected chi connectivity index (χ1v) is 7.83. The number of benzene rings is 1. The standard InChI is InChI=1S/C12H17N3O5S/c13-21(18,19)10-1-2-11(12(7-10)15(16)17)14-8-9-3-5-20-6-4-9/h1-2,7,9,14H,3-6,8H2,(H2,13,18,19)/i8D2. The van der Waals surface area contributed by atoms with Gasteiger partial charge in [-0.25, -0.2) is 13.6 Å². The second-order valence-corrected chi connectivity index (χ2v) is 6.20. The number of nitrogens with two attached hydrogens (primary N) is 1. The highest BCUT2D eigenvalue weighted by Gasteiger charge is 2.20. The third-order valence-electron chi connectivity index (χ3n) is 3.13. The number of nitro benzene ring substituents is 1. The Hall–Kier alpha value is -1.71. The van der Waals surface area contributed by atoms with E-state index >= 15 is 0 Å². The van der Waals surface area contributed by atoms with Gasteiger partial charge in [0.2, 0.25) is 10.0 Å². The molecule has 0 spiro atoms. The summed E-state index contributed by atoms with van der Waals surface area (Å²) in [4.78, 5) is 9.97. The molecule has 1 aromatic rings. The second kappa shape index (κ2) is 6.37. The van der Waals surface area contributed by atoms with E-state index in [1.165, 1.54) is 0 Å². The van der Waals surface area contributed by atoms with Gasteiger partial charge in [-0.05, 0) is 30.9 Å². The molecule has 9 heteroatoms. The summed E-state index contributed by atoms with van der Waals surface area (Å²) >= 11 is 0. The lowest BCUT2D eigenvalue weighted by atomic mass is 10.0. The second-order valence-electron chi connectivity index (χ2n) is 4.64. The van der Waals surface area contributed by atoms with Crippen molar-refractivity contribution in [1.82, 2.24) is 0 Å². The van der Waals surface area contributed by atoms with Crippen LogP contribution >= 0.6 is 0 Å². The van der Waals surface area contributed by atoms with Crippen molar-refractivity contribution in [2.75, 3.05) is 25.0 Å². The number of nitrogens with zero attached hydrogens (tertiary/aromatic N) is 1. The average molecular weight is 317 g/mol. The van der Waals surface area contributed by atoms with Gasteiger partial charge in [0.1, 0.15) is 5.69 Å². The monoisotopic (exact) mass is 317 g/mol. The van der Waals surface area contributed by atoms with Gasteiger partial charge < -0.3 is 10.1 Å². The van der Waals surface area contributed by atoms with Gasteiger partial charge in [-0.3, -0.25) is 10.1 Å². The molecule has 1 aliphatic rings. The lowest BCUT2D eigenvalue weighted by Gasteiger charge is -2.22. The lowest BCUT2D eigenvalue weighted by Crippen LogP contribution is -2.23. The van der Waals surface area contributed by atoms with E-state index < -0.39 is 32.0 Å². The fourth-order valence-electron chi connectivity index (χ4n) is 1.97. The zero-order chi connectivity index (χ0) is 17.3. The third kappa shape index (κ3) is 4.13. The zero-order valence-corrected chi connectivity index (χ0v) is 11.9. The molecule has 0 saturated carbocycles. The molecule has 116 valence electrons. The minimum atomic E-state index is -4.08. The number of rotatable bonds is 5. The van der Waals surface area contributed by atoms with E-state index in [0.29, 0.717) is 26.1 Å². The third-order valence-corrected chi connectivity index (χ3v) is 4.04. The molecule has 2 rings (SSSR count). The summed E-state index contributed by atoms with van der Waals surface area (Å²) in [6.45, 7) is -1.03. The highest BCUT2D eigenvalue weighted by Crippen LogP contribution is 2.28. The van der Waals surface area contributed by atoms with Gasteiger partial charge >= 0.3 is 0 Å². The minimum absolute atomic E-state index is 0.0982. The van der Waals surface area contributed by atoms with Crippen LogP contribution in [0.5, 0.6) is 0 Å². The topological polar surface area (TPSA) is 125 Å². The van der Waals surface area contributed by atoms with Crippen molar-refractivity contribution >= 4 is 21.4 Å². The molecule has 0 unspecified atom stereocenters. The Morgan fingerprint density at radius 1 is 1.48 bits per heavy atom. The highest BCUT2D eigenvalue weighted by atomic mass is 32.2. The predicted molar refractivity (Wildman–Crippen MR) is 76.5 cm³/mol. The van der Waals surface area contributed by atoms with E-state index in [9.17, 15) is 18.5 Å². The van der Waals surface area contributed by atoms with Crippen LogP contribution in [0.3, 0.4) is 0 Å². The Morgan fingerprint density at radius 3 is 2.71 bits per heavy atom. The Morgan fingerprint density at radius 2 is 2.14 bits per heavy atom. The van der Waals surface area contributed by atoms with Gasteiger partial charge in [0, 0.05) is 28.5 Å². The maximum absolute atomic E-state index is 11.3. The number of nitro groups is 1. The SMILES string of the molecule is [2H]C([2H])(Nc1ccc(S(N)(=O)=O)cc1[N+](=O)[O-])C1CCOCC1. The molecule has 0 bridgehead atoms. The fraction of sp³-hybridized carbons (Fsp3) is 0.500. The minimum Gasteiger partial charge on any atom is -0.381 e. The van der Waals surface area contributed by atoms with Crippen molar-refractivity contribution in [3.05, 3.63) is 28.3 Å². The molecule has 0 aliphatic carbocycles. The number of sulfonamides is 1. The molecule has 1 heterocycles. The van der Waals surface area contributed by atoms with Crippen LogP contribution < -0.4 is 10.5 Å². The number of ether oxygens (including phenoxy) is 1. The maximum atomic E-state index is 11.3. The average Bonchev–Trinajstić information content (AvgIpc) is 2.46. The summed E-state index contributed by atoms with van der Waals surface area (Å²) in [6.07, 6.45) is 0.978. The number of nitrogens with one attached hydrogen (secondary N) is 1. The van der Waals surface area contributed by atoms with Crippen LogP contribution in [0.15, 0.2) is 23.1 Å². The van der Waals surface area contributed by atoms with E-state index in [-0.39, 0.29) is 11.6 Å². The molecule has 1 aliphatic heterocycles. The lowest BCUT2D eigenvalue weighted by molar-refractivity contribution is -0.384. The van der Waals surface area contributed by atoms with Crippen LogP contribution in [-0.4, -0.2) is 33.1 Å². The van der Waals surface area contributed by atoms with Crippen LogP contribution in [0.4, 0.5) is 11.4 Å². The molecule has 1 saturated heterocycles. The van der Waals surface area contributed by atoms with Gasteiger partial charge in [0.25, 0.3) is 5.69 Å². The Balaban J connectivity index is 2.33. The summed E-state index contributed by atoms with van der Waals surface area (Å²) in [7, 11) is -4.08. The van der Waals surface area contributed by atoms with Gasteiger partial charge in [0.05, 0.1) is 9.82 Å². The van der Waals surface area contributed by atoms with Gasteiger partial charge in [-0.1, -0.05) is 0 Å². The first-order chi connectivity index (χ1) is 10.6. The van der Waals surface area contributed by atoms with Crippen LogP contribution in [0, 0.1) is 16.0 Å². The molecule has 0 amide bonds. The molecule has 21 heavy (non-hydrogen) atoms. The van der Waals surface area contributed by atoms with E-state index in [4.69, 9.17) is 12.6 Å². The first kappa shape index (κ1) is 13.0. The van der Waals surface area contributed by atoms with E-state index in [2.05, 4.69) is 5.32 Å². The first-order valence-electron chi connectivity index (χ1n) is 7.28. The predicted octanol–water partition coefficient (Wildman–Crippen LogP) is 1.08. The Labute approximate surface area is 125 Å². The van der Waals surface area contributed by atoms with Crippen molar-refractivity contribution in [2.24, 2.45) is 11.1 Å². The molecular weight excluding hydrogens is 298 g/mol. The van der Waals surface area contributed by atoms with Crippen LogP contribution in [0.1, 0.15) is 15.6 Å². The van der Waals surface area contributed by atoms with Crippen LogP contribution in [0.25, 0.3) is 0 Å². The fourth-order valence-corrected chi connectivity index (χ4v) is 2.50. The number of anilines is 1. The number of primary sulfonamides is 1. The molecule has 3 N–H and O–H groups in total. The van der Waals surface area contributed by atoms with Crippen LogP contribution in [-0.2, 0) is 14.8 Å². The van der Waals surface area contributed by atoms with Crippen LogP contribution in [0.2, 0.25) is 0 Å². The summed E-state index contributed by atoms with van der Waals surface area (Å²) in [5, 5.41) is 18.6. The Kier molecular flexibility index (Phi) is 3.94. The molecule has 8 nitrogen and oxygen atoms in total. The van der Waals surface area contributed by atoms with E-state index in [1.807, 2.05) is 0 Å². The Bertz CT molecular complexity index is 705. The normalized spacial score (nSPS) is 18.7. The van der Waals surface area contributed by atoms with Crippen molar-refractivity contribution in [1.29, 1.82) is 0 Å². The summed E-state index contributed by atoms with van der Waals surface area (Å²) in [5.74, 6) is -0.367. The molecule has 0 radical (unpaired) electrons. The van der Waals surface area contributed by atoms with Gasteiger partial charge in [-0.2, -0.15) is 0 Å². The summed E-state index contributed by atoms with van der Waals surface area (Å²) in [6, 6.07) is 3.07. The summed E-state index contributed by atoms with van der Waals surface area (Å²) in [5.41, 5.74) is -0.647. The van der Waals surface area contributed by atoms with Crippen molar-refractivity contribution < 1.29 is 20.8 Å². The van der Waals surface area contributed by atoms with Crippen molar-refractivity contribution in [3.63, 3.8) is 0 Å². The van der Waals surface area contributed by atoms with Crippen molar-refractivity contribution in [3.8, 4) is 0 Å². The quantitative estimate of drug-likeness (QED) is 0.618. The van der Waals surface area contributed by atoms with Gasteiger partial charge in [-0.15, -0.1) is 0 Å². The number of hydrogen-bond donors (Lipinski definition) is 2. The summed E-state index contributed by atoms with van der Waals surface area (Å²) < 4.78 is 44.0.